The number of amides is 3. The van der Waals surface area contributed by atoms with Crippen LogP contribution in [0.2, 0.25) is 0 Å². The monoisotopic (exact) mass is 628 g/mol. The van der Waals surface area contributed by atoms with Crippen LogP contribution in [0, 0.1) is 6.92 Å². The minimum absolute atomic E-state index is 0.0118. The number of carbonyl (C=O) groups is 3. The van der Waals surface area contributed by atoms with Crippen LogP contribution in [0.4, 0.5) is 10.8 Å². The number of nitrogens with one attached hydrogen (secondary N) is 3. The number of fused-ring (bicyclic) bond motifs is 1. The summed E-state index contributed by atoms with van der Waals surface area (Å²) in [6.45, 7) is 4.29. The number of rotatable bonds is 8. The molecule has 0 saturated carbocycles. The van der Waals surface area contributed by atoms with Gasteiger partial charge in [0.25, 0.3) is 5.91 Å². The minimum atomic E-state index is -0.685. The van der Waals surface area contributed by atoms with Crippen molar-refractivity contribution in [3.05, 3.63) is 71.2 Å². The standard InChI is InChI=1S/C32H36N8O4S/c1-21-16-22-17-23(10-11-26(22)44-21)36-31(38-32-35-19-27(45-32)29(42)34-18-24-8-2-4-12-33-24)37-25-9-3-5-15-40(30(25)43)20-28(41)39-13-6-7-14-39/h2,4,8,10-12,16-17,19,25H,3,5-7,9,13-15,18,20H2,1H3,(H,34,42)(H2,35,36,37,38). The van der Waals surface area contributed by atoms with Crippen molar-refractivity contribution in [2.75, 3.05) is 36.8 Å². The van der Waals surface area contributed by atoms with Crippen LogP contribution in [0.25, 0.3) is 11.0 Å². The Labute approximate surface area is 264 Å². The van der Waals surface area contributed by atoms with Crippen molar-refractivity contribution in [3.8, 4) is 0 Å². The number of likely N-dealkylation sites (tertiary alicyclic amines) is 2. The van der Waals surface area contributed by atoms with E-state index in [9.17, 15) is 14.4 Å². The molecular weight excluding hydrogens is 592 g/mol. The topological polar surface area (TPSA) is 145 Å². The highest BCUT2D eigenvalue weighted by molar-refractivity contribution is 7.17. The first-order chi connectivity index (χ1) is 21.9. The predicted molar refractivity (Wildman–Crippen MR) is 173 cm³/mol. The van der Waals surface area contributed by atoms with Gasteiger partial charge in [0.1, 0.15) is 22.3 Å². The average Bonchev–Trinajstić information content (AvgIpc) is 3.80. The molecule has 2 fully saturated rings. The first-order valence-corrected chi connectivity index (χ1v) is 16.1. The zero-order valence-corrected chi connectivity index (χ0v) is 25.9. The number of benzene rings is 1. The third kappa shape index (κ3) is 7.66. The highest BCUT2D eigenvalue weighted by atomic mass is 32.1. The summed E-state index contributed by atoms with van der Waals surface area (Å²) in [6.07, 6.45) is 7.35. The number of thiazole rings is 1. The molecule has 0 aliphatic carbocycles. The Morgan fingerprint density at radius 1 is 1.04 bits per heavy atom. The maximum atomic E-state index is 13.7. The van der Waals surface area contributed by atoms with Crippen LogP contribution < -0.4 is 16.0 Å². The summed E-state index contributed by atoms with van der Waals surface area (Å²) < 4.78 is 5.72. The van der Waals surface area contributed by atoms with Crippen molar-refractivity contribution in [2.45, 2.75) is 51.6 Å². The molecule has 1 aromatic carbocycles. The second-order valence-corrected chi connectivity index (χ2v) is 12.3. The van der Waals surface area contributed by atoms with Gasteiger partial charge in [-0.2, -0.15) is 0 Å². The lowest BCUT2D eigenvalue weighted by Gasteiger charge is -2.25. The largest absolute Gasteiger partial charge is 0.461 e. The van der Waals surface area contributed by atoms with Gasteiger partial charge in [0.2, 0.25) is 17.8 Å². The summed E-state index contributed by atoms with van der Waals surface area (Å²) in [4.78, 5) is 56.8. The molecule has 3 amide bonds. The van der Waals surface area contributed by atoms with Crippen LogP contribution in [0.5, 0.6) is 0 Å². The molecule has 3 N–H and O–H groups in total. The highest BCUT2D eigenvalue weighted by Crippen LogP contribution is 2.24. The Kier molecular flexibility index (Phi) is 9.34. The molecular formula is C32H36N8O4S. The van der Waals surface area contributed by atoms with Crippen LogP contribution >= 0.6 is 11.3 Å². The lowest BCUT2D eigenvalue weighted by Crippen LogP contribution is -2.45. The van der Waals surface area contributed by atoms with Crippen molar-refractivity contribution >= 4 is 56.8 Å². The number of nitrogens with zero attached hydrogens (tertiary/aromatic N) is 5. The zero-order chi connectivity index (χ0) is 31.2. The molecule has 12 nitrogen and oxygen atoms in total. The van der Waals surface area contributed by atoms with Crippen molar-refractivity contribution in [3.63, 3.8) is 0 Å². The van der Waals surface area contributed by atoms with E-state index in [4.69, 9.17) is 9.41 Å². The van der Waals surface area contributed by atoms with E-state index in [1.165, 1.54) is 17.5 Å². The molecule has 0 bridgehead atoms. The van der Waals surface area contributed by atoms with Crippen molar-refractivity contribution < 1.29 is 18.8 Å². The van der Waals surface area contributed by atoms with Gasteiger partial charge >= 0.3 is 0 Å². The van der Waals surface area contributed by atoms with E-state index in [1.807, 2.05) is 54.3 Å². The lowest BCUT2D eigenvalue weighted by atomic mass is 10.1. The van der Waals surface area contributed by atoms with Gasteiger partial charge in [-0.1, -0.05) is 17.4 Å². The SMILES string of the molecule is Cc1cc2cc(NC(=NC3CCCCN(CC(=O)N4CCCC4)C3=O)Nc3ncc(C(=O)NCc4ccccn4)s3)ccc2o1. The molecule has 5 heterocycles. The summed E-state index contributed by atoms with van der Waals surface area (Å²) >= 11 is 1.17. The number of hydrogen-bond acceptors (Lipinski definition) is 8. The Morgan fingerprint density at radius 3 is 2.71 bits per heavy atom. The van der Waals surface area contributed by atoms with Crippen LogP contribution in [-0.2, 0) is 16.1 Å². The molecule has 2 aliphatic rings. The third-order valence-corrected chi connectivity index (χ3v) is 8.75. The average molecular weight is 629 g/mol. The molecule has 2 aliphatic heterocycles. The second-order valence-electron chi connectivity index (χ2n) is 11.2. The molecule has 6 rings (SSSR count). The van der Waals surface area contributed by atoms with Gasteiger partial charge < -0.3 is 30.2 Å². The van der Waals surface area contributed by atoms with E-state index < -0.39 is 6.04 Å². The summed E-state index contributed by atoms with van der Waals surface area (Å²) in [5.41, 5.74) is 2.26. The summed E-state index contributed by atoms with van der Waals surface area (Å²) in [6, 6.07) is 12.5. The van der Waals surface area contributed by atoms with Gasteiger partial charge in [-0.05, 0) is 75.4 Å². The van der Waals surface area contributed by atoms with Gasteiger partial charge in [0, 0.05) is 36.9 Å². The first kappa shape index (κ1) is 30.3. The highest BCUT2D eigenvalue weighted by Gasteiger charge is 2.30. The van der Waals surface area contributed by atoms with Gasteiger partial charge in [-0.25, -0.2) is 9.98 Å². The van der Waals surface area contributed by atoms with Crippen molar-refractivity contribution in [1.82, 2.24) is 25.1 Å². The smallest absolute Gasteiger partial charge is 0.263 e. The van der Waals surface area contributed by atoms with Gasteiger partial charge in [0.05, 0.1) is 25.0 Å². The molecule has 1 atom stereocenters. The Morgan fingerprint density at radius 2 is 1.89 bits per heavy atom. The number of pyridine rings is 1. The van der Waals surface area contributed by atoms with Gasteiger partial charge in [-0.3, -0.25) is 19.4 Å². The fourth-order valence-electron chi connectivity index (χ4n) is 5.53. The molecule has 45 heavy (non-hydrogen) atoms. The van der Waals surface area contributed by atoms with E-state index >= 15 is 0 Å². The quantitative estimate of drug-likeness (QED) is 0.192. The van der Waals surface area contributed by atoms with Crippen LogP contribution in [-0.4, -0.2) is 75.7 Å². The first-order valence-electron chi connectivity index (χ1n) is 15.2. The third-order valence-electron chi connectivity index (χ3n) is 7.84. The molecule has 2 saturated heterocycles. The summed E-state index contributed by atoms with van der Waals surface area (Å²) in [5.74, 6) is 0.669. The number of carbonyl (C=O) groups excluding carboxylic acids is 3. The Hall–Kier alpha value is -4.78. The Balaban J connectivity index is 1.21. The number of aliphatic imine (C=N–C) groups is 1. The number of furan rings is 1. The Bertz CT molecular complexity index is 1700. The van der Waals surface area contributed by atoms with Gasteiger partial charge in [0.15, 0.2) is 5.13 Å². The fraction of sp³-hybridized carbons (Fsp3) is 0.375. The minimum Gasteiger partial charge on any atom is -0.461 e. The van der Waals surface area contributed by atoms with Crippen molar-refractivity contribution in [1.29, 1.82) is 0 Å². The van der Waals surface area contributed by atoms with Crippen molar-refractivity contribution in [2.24, 2.45) is 4.99 Å². The maximum Gasteiger partial charge on any atom is 0.263 e. The number of aryl methyl sites for hydroxylation is 1. The molecule has 0 radical (unpaired) electrons. The molecule has 1 unspecified atom stereocenters. The zero-order valence-electron chi connectivity index (χ0n) is 25.1. The van der Waals surface area contributed by atoms with E-state index in [1.54, 1.807) is 11.1 Å². The normalized spacial score (nSPS) is 17.4. The number of hydrogen-bond donors (Lipinski definition) is 3. The summed E-state index contributed by atoms with van der Waals surface area (Å²) in [7, 11) is 0. The number of guanidine groups is 1. The maximum absolute atomic E-state index is 13.7. The van der Waals surface area contributed by atoms with Crippen LogP contribution in [0.1, 0.15) is 53.2 Å². The van der Waals surface area contributed by atoms with E-state index in [2.05, 4.69) is 25.9 Å². The van der Waals surface area contributed by atoms with E-state index in [0.717, 1.165) is 66.9 Å². The molecule has 0 spiro atoms. The predicted octanol–water partition coefficient (Wildman–Crippen LogP) is 4.41. The van der Waals surface area contributed by atoms with E-state index in [-0.39, 0.29) is 24.3 Å². The second kappa shape index (κ2) is 13.9. The molecule has 3 aromatic heterocycles. The fourth-order valence-corrected chi connectivity index (χ4v) is 6.26. The lowest BCUT2D eigenvalue weighted by molar-refractivity contribution is -0.140. The van der Waals surface area contributed by atoms with Crippen LogP contribution in [0.3, 0.4) is 0 Å². The van der Waals surface area contributed by atoms with Crippen LogP contribution in [0.15, 0.2) is 64.3 Å². The van der Waals surface area contributed by atoms with E-state index in [0.29, 0.717) is 35.5 Å². The molecule has 4 aromatic rings. The van der Waals surface area contributed by atoms with Gasteiger partial charge in [-0.15, -0.1) is 0 Å². The number of anilines is 2. The molecule has 13 heteroatoms. The molecule has 234 valence electrons. The number of aromatic nitrogens is 2. The summed E-state index contributed by atoms with van der Waals surface area (Å²) in [5, 5.41) is 10.7.